The first-order valence-electron chi connectivity index (χ1n) is 10.6. The van der Waals surface area contributed by atoms with Gasteiger partial charge in [0.15, 0.2) is 5.76 Å². The van der Waals surface area contributed by atoms with Crippen molar-refractivity contribution in [3.63, 3.8) is 0 Å². The average molecular weight is 402 g/mol. The molecule has 6 nitrogen and oxygen atoms in total. The Morgan fingerprint density at radius 1 is 1.23 bits per heavy atom. The minimum Gasteiger partial charge on any atom is -0.385 e. The number of aliphatic hydroxyl groups is 1. The molecule has 2 aromatic heterocycles. The van der Waals surface area contributed by atoms with E-state index in [1.807, 2.05) is 41.1 Å². The van der Waals surface area contributed by atoms with Gasteiger partial charge in [0, 0.05) is 48.6 Å². The lowest BCUT2D eigenvalue weighted by atomic mass is 10.1. The second-order valence-electron chi connectivity index (χ2n) is 8.32. The predicted octanol–water partition coefficient (Wildman–Crippen LogP) is 3.19. The van der Waals surface area contributed by atoms with Crippen molar-refractivity contribution >= 4 is 0 Å². The number of imidazole rings is 1. The largest absolute Gasteiger partial charge is 0.385 e. The van der Waals surface area contributed by atoms with Crippen LogP contribution in [0.1, 0.15) is 37.0 Å². The molecule has 2 aliphatic rings. The molecule has 1 N–H and O–H groups in total. The van der Waals surface area contributed by atoms with Crippen LogP contribution in [-0.4, -0.2) is 44.3 Å². The standard InChI is InChI=1S/C24H26N4O2/c1-3-27-14-21-20(22(21)15-27)9-6-17-4-7-18(8-5-17)23-12-19(26-30-23)13-28-11-10-25-24(28)16(2)29/h4-5,7-8,10-12,16,20-22,29H,3,13-15H2,1-2H3/t16-,20?,21-,22+/m0/s1. The number of hydrogen-bond donors (Lipinski definition) is 1. The fraction of sp³-hybridized carbons (Fsp3) is 0.417. The van der Waals surface area contributed by atoms with Crippen molar-refractivity contribution < 1.29 is 9.63 Å². The summed E-state index contributed by atoms with van der Waals surface area (Å²) in [5.41, 5.74) is 2.80. The summed E-state index contributed by atoms with van der Waals surface area (Å²) in [6.45, 7) is 8.02. The van der Waals surface area contributed by atoms with Crippen LogP contribution in [0.5, 0.6) is 0 Å². The van der Waals surface area contributed by atoms with Crippen molar-refractivity contribution in [2.45, 2.75) is 26.5 Å². The van der Waals surface area contributed by atoms with Crippen LogP contribution in [0, 0.1) is 29.6 Å². The monoisotopic (exact) mass is 402 g/mol. The van der Waals surface area contributed by atoms with Gasteiger partial charge in [0.25, 0.3) is 0 Å². The Labute approximate surface area is 176 Å². The molecular formula is C24H26N4O2. The maximum atomic E-state index is 9.79. The van der Waals surface area contributed by atoms with Crippen molar-refractivity contribution in [1.82, 2.24) is 19.6 Å². The highest BCUT2D eigenvalue weighted by atomic mass is 16.5. The number of benzene rings is 1. The lowest BCUT2D eigenvalue weighted by Gasteiger charge is -2.14. The summed E-state index contributed by atoms with van der Waals surface area (Å²) in [7, 11) is 0. The predicted molar refractivity (Wildman–Crippen MR) is 113 cm³/mol. The number of likely N-dealkylation sites (tertiary alicyclic amines) is 1. The first-order chi connectivity index (χ1) is 14.6. The number of nitrogens with zero attached hydrogens (tertiary/aromatic N) is 4. The third-order valence-electron chi connectivity index (χ3n) is 6.28. The van der Waals surface area contributed by atoms with Crippen LogP contribution < -0.4 is 0 Å². The Hall–Kier alpha value is -2.88. The molecule has 1 aliphatic heterocycles. The van der Waals surface area contributed by atoms with E-state index in [0.29, 0.717) is 18.3 Å². The molecule has 1 saturated heterocycles. The number of rotatable bonds is 5. The van der Waals surface area contributed by atoms with E-state index in [-0.39, 0.29) is 0 Å². The summed E-state index contributed by atoms with van der Waals surface area (Å²) >= 11 is 0. The molecule has 1 aromatic carbocycles. The van der Waals surface area contributed by atoms with E-state index in [0.717, 1.165) is 41.0 Å². The van der Waals surface area contributed by atoms with Crippen molar-refractivity contribution in [3.05, 3.63) is 59.8 Å². The van der Waals surface area contributed by atoms with Gasteiger partial charge in [-0.15, -0.1) is 0 Å². The summed E-state index contributed by atoms with van der Waals surface area (Å²) in [5, 5.41) is 14.0. The second kappa shape index (κ2) is 7.75. The third-order valence-corrected chi connectivity index (χ3v) is 6.28. The van der Waals surface area contributed by atoms with Gasteiger partial charge in [-0.1, -0.05) is 23.9 Å². The fourth-order valence-electron chi connectivity index (χ4n) is 4.49. The van der Waals surface area contributed by atoms with Crippen LogP contribution in [0.4, 0.5) is 0 Å². The molecule has 0 bridgehead atoms. The van der Waals surface area contributed by atoms with Crippen LogP contribution in [0.15, 0.2) is 47.2 Å². The van der Waals surface area contributed by atoms with Gasteiger partial charge in [0.1, 0.15) is 17.6 Å². The maximum Gasteiger partial charge on any atom is 0.167 e. The van der Waals surface area contributed by atoms with Gasteiger partial charge in [0.2, 0.25) is 0 Å². The molecule has 6 heteroatoms. The molecule has 3 heterocycles. The molecular weight excluding hydrogens is 376 g/mol. The highest BCUT2D eigenvalue weighted by Gasteiger charge is 2.54. The van der Waals surface area contributed by atoms with Crippen LogP contribution >= 0.6 is 0 Å². The van der Waals surface area contributed by atoms with Gasteiger partial charge in [-0.25, -0.2) is 4.98 Å². The molecule has 5 rings (SSSR count). The van der Waals surface area contributed by atoms with Crippen molar-refractivity contribution in [2.75, 3.05) is 19.6 Å². The molecule has 3 aromatic rings. The van der Waals surface area contributed by atoms with Gasteiger partial charge in [0.05, 0.1) is 6.54 Å². The van der Waals surface area contributed by atoms with Crippen molar-refractivity contribution in [3.8, 4) is 23.2 Å². The molecule has 30 heavy (non-hydrogen) atoms. The maximum absolute atomic E-state index is 9.79. The molecule has 0 spiro atoms. The summed E-state index contributed by atoms with van der Waals surface area (Å²) in [6.07, 6.45) is 2.88. The molecule has 2 fully saturated rings. The molecule has 1 aliphatic carbocycles. The van der Waals surface area contributed by atoms with Gasteiger partial charge in [-0.2, -0.15) is 0 Å². The fourth-order valence-corrected chi connectivity index (χ4v) is 4.49. The SMILES string of the molecule is CCN1C[C@@H]2C(C#Cc3ccc(-c4cc(Cn5ccnc5[C@H](C)O)no4)cc3)[C@@H]2C1. The number of hydrogen-bond acceptors (Lipinski definition) is 5. The molecule has 0 amide bonds. The van der Waals surface area contributed by atoms with Gasteiger partial charge in [-0.3, -0.25) is 0 Å². The summed E-state index contributed by atoms with van der Waals surface area (Å²) in [4.78, 5) is 6.71. The zero-order valence-electron chi connectivity index (χ0n) is 17.3. The van der Waals surface area contributed by atoms with E-state index in [4.69, 9.17) is 4.52 Å². The zero-order valence-corrected chi connectivity index (χ0v) is 17.3. The first kappa shape index (κ1) is 19.1. The first-order valence-corrected chi connectivity index (χ1v) is 10.6. The molecule has 4 atom stereocenters. The minimum absolute atomic E-state index is 0.506. The quantitative estimate of drug-likeness (QED) is 0.664. The Morgan fingerprint density at radius 3 is 2.70 bits per heavy atom. The Kier molecular flexibility index (Phi) is 4.93. The topological polar surface area (TPSA) is 67.3 Å². The highest BCUT2D eigenvalue weighted by molar-refractivity contribution is 5.59. The van der Waals surface area contributed by atoms with Crippen molar-refractivity contribution in [2.24, 2.45) is 17.8 Å². The van der Waals surface area contributed by atoms with Gasteiger partial charge < -0.3 is 19.1 Å². The van der Waals surface area contributed by atoms with E-state index in [1.165, 1.54) is 13.1 Å². The van der Waals surface area contributed by atoms with E-state index in [2.05, 4.69) is 33.8 Å². The molecule has 1 unspecified atom stereocenters. The Balaban J connectivity index is 1.23. The molecule has 154 valence electrons. The number of aliphatic hydroxyl groups excluding tert-OH is 1. The van der Waals surface area contributed by atoms with Gasteiger partial charge in [-0.05, 0) is 49.6 Å². The number of fused-ring (bicyclic) bond motifs is 1. The zero-order chi connectivity index (χ0) is 20.7. The van der Waals surface area contributed by atoms with Crippen LogP contribution in [-0.2, 0) is 6.54 Å². The third kappa shape index (κ3) is 3.67. The van der Waals surface area contributed by atoms with E-state index < -0.39 is 6.10 Å². The van der Waals surface area contributed by atoms with Crippen molar-refractivity contribution in [1.29, 1.82) is 0 Å². The van der Waals surface area contributed by atoms with E-state index in [1.54, 1.807) is 13.1 Å². The number of aromatic nitrogens is 3. The van der Waals surface area contributed by atoms with E-state index in [9.17, 15) is 5.11 Å². The Bertz CT molecular complexity index is 1070. The smallest absolute Gasteiger partial charge is 0.167 e. The second-order valence-corrected chi connectivity index (χ2v) is 8.32. The number of piperidine rings is 1. The summed E-state index contributed by atoms with van der Waals surface area (Å²) in [5.74, 6) is 10.3. The van der Waals surface area contributed by atoms with Crippen LogP contribution in [0.2, 0.25) is 0 Å². The van der Waals surface area contributed by atoms with Crippen LogP contribution in [0.3, 0.4) is 0 Å². The molecule has 0 radical (unpaired) electrons. The summed E-state index contributed by atoms with van der Waals surface area (Å²) in [6, 6.07) is 10.1. The Morgan fingerprint density at radius 2 is 2.00 bits per heavy atom. The van der Waals surface area contributed by atoms with E-state index >= 15 is 0 Å². The van der Waals surface area contributed by atoms with Crippen LogP contribution in [0.25, 0.3) is 11.3 Å². The summed E-state index contributed by atoms with van der Waals surface area (Å²) < 4.78 is 7.40. The lowest BCUT2D eigenvalue weighted by Crippen LogP contribution is -2.23. The normalized spacial score (nSPS) is 23.6. The lowest BCUT2D eigenvalue weighted by molar-refractivity contribution is 0.184. The highest BCUT2D eigenvalue weighted by Crippen LogP contribution is 2.51. The average Bonchev–Trinajstić information content (AvgIpc) is 3.25. The minimum atomic E-state index is -0.624. The molecule has 1 saturated carbocycles. The van der Waals surface area contributed by atoms with Gasteiger partial charge >= 0.3 is 0 Å².